The van der Waals surface area contributed by atoms with Gasteiger partial charge in [0.25, 0.3) is 0 Å². The van der Waals surface area contributed by atoms with Gasteiger partial charge in [-0.2, -0.15) is 0 Å². The molecule has 0 radical (unpaired) electrons. The third-order valence-electron chi connectivity index (χ3n) is 2.79. The molecule has 0 fully saturated rings. The Balaban J connectivity index is 2.71. The van der Waals surface area contributed by atoms with Crippen molar-refractivity contribution in [3.05, 3.63) is 29.3 Å². The fourth-order valence-corrected chi connectivity index (χ4v) is 1.66. The normalized spacial score (nSPS) is 11.7. The van der Waals surface area contributed by atoms with Crippen LogP contribution in [0.2, 0.25) is 0 Å². The smallest absolute Gasteiger partial charge is 0.335 e. The van der Waals surface area contributed by atoms with E-state index < -0.39 is 5.97 Å². The van der Waals surface area contributed by atoms with Gasteiger partial charge in [-0.1, -0.05) is 6.92 Å². The highest BCUT2D eigenvalue weighted by atomic mass is 16.4. The number of benzene rings is 1. The van der Waals surface area contributed by atoms with E-state index in [0.717, 1.165) is 17.7 Å². The summed E-state index contributed by atoms with van der Waals surface area (Å²) in [7, 11) is 0. The number of carbonyl (C=O) groups is 2. The summed E-state index contributed by atoms with van der Waals surface area (Å²) < 4.78 is 0. The van der Waals surface area contributed by atoms with Crippen LogP contribution in [0.25, 0.3) is 0 Å². The summed E-state index contributed by atoms with van der Waals surface area (Å²) in [5.41, 5.74) is 1.81. The van der Waals surface area contributed by atoms with Crippen molar-refractivity contribution >= 4 is 17.6 Å². The lowest BCUT2D eigenvalue weighted by molar-refractivity contribution is -0.121. The largest absolute Gasteiger partial charge is 0.478 e. The van der Waals surface area contributed by atoms with E-state index in [1.807, 2.05) is 13.8 Å². The number of hydrogen-bond donors (Lipinski definition) is 3. The van der Waals surface area contributed by atoms with Crippen molar-refractivity contribution in [3.8, 4) is 0 Å². The minimum atomic E-state index is -0.955. The molecule has 0 saturated heterocycles. The van der Waals surface area contributed by atoms with Gasteiger partial charge in [0.15, 0.2) is 0 Å². The first-order valence-electron chi connectivity index (χ1n) is 6.34. The first-order chi connectivity index (χ1) is 8.95. The van der Waals surface area contributed by atoms with Gasteiger partial charge < -0.3 is 15.7 Å². The van der Waals surface area contributed by atoms with Crippen LogP contribution < -0.4 is 10.6 Å². The molecule has 1 unspecified atom stereocenters. The van der Waals surface area contributed by atoms with Crippen molar-refractivity contribution in [2.45, 2.75) is 33.2 Å². The standard InChI is InChI=1S/C14H20N2O3/c1-4-7-15-13(17)10(3)16-12-6-5-11(14(18)19)8-9(12)2/h5-6,8,10,16H,4,7H2,1-3H3,(H,15,17)(H,18,19). The molecular weight excluding hydrogens is 244 g/mol. The number of aromatic carboxylic acids is 1. The molecular formula is C14H20N2O3. The van der Waals surface area contributed by atoms with Gasteiger partial charge in [0.05, 0.1) is 5.56 Å². The molecule has 0 aliphatic heterocycles. The van der Waals surface area contributed by atoms with Crippen molar-refractivity contribution < 1.29 is 14.7 Å². The molecule has 0 aliphatic rings. The number of carbonyl (C=O) groups excluding carboxylic acids is 1. The molecule has 5 heteroatoms. The third kappa shape index (κ3) is 4.28. The number of carboxylic acids is 1. The van der Waals surface area contributed by atoms with Crippen LogP contribution in [0.5, 0.6) is 0 Å². The van der Waals surface area contributed by atoms with Gasteiger partial charge in [-0.25, -0.2) is 4.79 Å². The zero-order valence-electron chi connectivity index (χ0n) is 11.5. The monoisotopic (exact) mass is 264 g/mol. The molecule has 104 valence electrons. The van der Waals surface area contributed by atoms with Gasteiger partial charge in [0.2, 0.25) is 5.91 Å². The van der Waals surface area contributed by atoms with Crippen molar-refractivity contribution in [1.29, 1.82) is 0 Å². The molecule has 5 nitrogen and oxygen atoms in total. The maximum atomic E-state index is 11.7. The van der Waals surface area contributed by atoms with E-state index >= 15 is 0 Å². The van der Waals surface area contributed by atoms with E-state index in [4.69, 9.17) is 5.11 Å². The maximum absolute atomic E-state index is 11.7. The Labute approximate surface area is 113 Å². The Morgan fingerprint density at radius 2 is 2.05 bits per heavy atom. The minimum absolute atomic E-state index is 0.0661. The van der Waals surface area contributed by atoms with Crippen LogP contribution in [0, 0.1) is 6.92 Å². The lowest BCUT2D eigenvalue weighted by Gasteiger charge is -2.17. The lowest BCUT2D eigenvalue weighted by atomic mass is 10.1. The Hall–Kier alpha value is -2.04. The SMILES string of the molecule is CCCNC(=O)C(C)Nc1ccc(C(=O)O)cc1C. The topological polar surface area (TPSA) is 78.4 Å². The molecule has 1 amide bonds. The zero-order valence-corrected chi connectivity index (χ0v) is 11.5. The van der Waals surface area contributed by atoms with Gasteiger partial charge in [-0.3, -0.25) is 4.79 Å². The Morgan fingerprint density at radius 3 is 2.58 bits per heavy atom. The molecule has 0 bridgehead atoms. The maximum Gasteiger partial charge on any atom is 0.335 e. The number of amides is 1. The summed E-state index contributed by atoms with van der Waals surface area (Å²) in [6.45, 7) is 6.23. The summed E-state index contributed by atoms with van der Waals surface area (Å²) in [6.07, 6.45) is 0.894. The second-order valence-electron chi connectivity index (χ2n) is 4.49. The Bertz CT molecular complexity index is 472. The van der Waals surface area contributed by atoms with Gasteiger partial charge >= 0.3 is 5.97 Å². The molecule has 1 atom stereocenters. The van der Waals surface area contributed by atoms with Crippen molar-refractivity contribution in [1.82, 2.24) is 5.32 Å². The molecule has 3 N–H and O–H groups in total. The summed E-state index contributed by atoms with van der Waals surface area (Å²) >= 11 is 0. The van der Waals surface area contributed by atoms with Crippen molar-refractivity contribution in [2.75, 3.05) is 11.9 Å². The number of nitrogens with one attached hydrogen (secondary N) is 2. The van der Waals surface area contributed by atoms with Crippen LogP contribution in [0.1, 0.15) is 36.2 Å². The Kier molecular flexibility index (Phi) is 5.36. The van der Waals surface area contributed by atoms with Gasteiger partial charge in [0.1, 0.15) is 6.04 Å². The predicted molar refractivity (Wildman–Crippen MR) is 74.5 cm³/mol. The molecule has 0 aliphatic carbocycles. The van der Waals surface area contributed by atoms with E-state index in [9.17, 15) is 9.59 Å². The average Bonchev–Trinajstić information content (AvgIpc) is 2.37. The Morgan fingerprint density at radius 1 is 1.37 bits per heavy atom. The van der Waals surface area contributed by atoms with Gasteiger partial charge in [0, 0.05) is 12.2 Å². The summed E-state index contributed by atoms with van der Waals surface area (Å²) in [4.78, 5) is 22.6. The van der Waals surface area contributed by atoms with Crippen molar-refractivity contribution in [3.63, 3.8) is 0 Å². The highest BCUT2D eigenvalue weighted by Crippen LogP contribution is 2.17. The highest BCUT2D eigenvalue weighted by molar-refractivity contribution is 5.89. The molecule has 0 aromatic heterocycles. The van der Waals surface area contributed by atoms with Crippen LogP contribution >= 0.6 is 0 Å². The van der Waals surface area contributed by atoms with E-state index in [1.165, 1.54) is 6.07 Å². The van der Waals surface area contributed by atoms with E-state index in [2.05, 4.69) is 10.6 Å². The molecule has 1 aromatic carbocycles. The van der Waals surface area contributed by atoms with E-state index in [-0.39, 0.29) is 17.5 Å². The fraction of sp³-hybridized carbons (Fsp3) is 0.429. The summed E-state index contributed by atoms with van der Waals surface area (Å²) in [6, 6.07) is 4.43. The first kappa shape index (κ1) is 15.0. The first-order valence-corrected chi connectivity index (χ1v) is 6.34. The number of hydrogen-bond acceptors (Lipinski definition) is 3. The average molecular weight is 264 g/mol. The second kappa shape index (κ2) is 6.78. The van der Waals surface area contributed by atoms with Crippen LogP contribution in [0.4, 0.5) is 5.69 Å². The van der Waals surface area contributed by atoms with Crippen LogP contribution in [-0.2, 0) is 4.79 Å². The van der Waals surface area contributed by atoms with E-state index in [1.54, 1.807) is 19.1 Å². The van der Waals surface area contributed by atoms with Gasteiger partial charge in [-0.15, -0.1) is 0 Å². The third-order valence-corrected chi connectivity index (χ3v) is 2.79. The number of anilines is 1. The molecule has 0 saturated carbocycles. The minimum Gasteiger partial charge on any atom is -0.478 e. The molecule has 1 aromatic rings. The van der Waals surface area contributed by atoms with Crippen molar-refractivity contribution in [2.24, 2.45) is 0 Å². The molecule has 1 rings (SSSR count). The second-order valence-corrected chi connectivity index (χ2v) is 4.49. The fourth-order valence-electron chi connectivity index (χ4n) is 1.66. The molecule has 0 spiro atoms. The van der Waals surface area contributed by atoms with E-state index in [0.29, 0.717) is 6.54 Å². The van der Waals surface area contributed by atoms with Crippen LogP contribution in [-0.4, -0.2) is 29.6 Å². The van der Waals surface area contributed by atoms with Crippen LogP contribution in [0.15, 0.2) is 18.2 Å². The zero-order chi connectivity index (χ0) is 14.4. The predicted octanol–water partition coefficient (Wildman–Crippen LogP) is 2.02. The summed E-state index contributed by atoms with van der Waals surface area (Å²) in [5, 5.41) is 14.8. The molecule has 0 heterocycles. The van der Waals surface area contributed by atoms with Crippen LogP contribution in [0.3, 0.4) is 0 Å². The number of rotatable bonds is 6. The van der Waals surface area contributed by atoms with Gasteiger partial charge in [-0.05, 0) is 44.0 Å². The lowest BCUT2D eigenvalue weighted by Crippen LogP contribution is -2.38. The number of aryl methyl sites for hydroxylation is 1. The quantitative estimate of drug-likeness (QED) is 0.734. The molecule has 19 heavy (non-hydrogen) atoms. The summed E-state index contributed by atoms with van der Waals surface area (Å²) in [5.74, 6) is -1.02. The number of carboxylic acid groups (broad SMARTS) is 1. The highest BCUT2D eigenvalue weighted by Gasteiger charge is 2.13.